The summed E-state index contributed by atoms with van der Waals surface area (Å²) in [6.45, 7) is 12.4. The maximum atomic E-state index is 10.5. The first-order valence-corrected chi connectivity index (χ1v) is 13.0. The Labute approximate surface area is 180 Å². The summed E-state index contributed by atoms with van der Waals surface area (Å²) in [5.41, 5.74) is 0.804. The molecule has 4 saturated carbocycles. The van der Waals surface area contributed by atoms with Crippen LogP contribution >= 0.6 is 0 Å². The van der Waals surface area contributed by atoms with Gasteiger partial charge in [0.25, 0.3) is 0 Å². The monoisotopic (exact) mass is 404 g/mol. The molecule has 0 heterocycles. The summed E-state index contributed by atoms with van der Waals surface area (Å²) in [6, 6.07) is 0. The number of hydrogen-bond donors (Lipinski definition) is 2. The van der Waals surface area contributed by atoms with Crippen molar-refractivity contribution < 1.29 is 10.2 Å². The lowest BCUT2D eigenvalue weighted by Gasteiger charge is -2.61. The van der Waals surface area contributed by atoms with Crippen molar-refractivity contribution >= 4 is 0 Å². The molecule has 2 N–H and O–H groups in total. The van der Waals surface area contributed by atoms with Crippen molar-refractivity contribution in [1.29, 1.82) is 0 Å². The lowest BCUT2D eigenvalue weighted by atomic mass is 9.44. The molecule has 29 heavy (non-hydrogen) atoms. The summed E-state index contributed by atoms with van der Waals surface area (Å²) < 4.78 is 0. The molecule has 0 bridgehead atoms. The Morgan fingerprint density at radius 1 is 0.828 bits per heavy atom. The second-order valence-electron chi connectivity index (χ2n) is 12.8. The van der Waals surface area contributed by atoms with E-state index in [1.54, 1.807) is 0 Å². The van der Waals surface area contributed by atoms with Crippen molar-refractivity contribution in [2.24, 2.45) is 52.3 Å². The number of hydrogen-bond acceptors (Lipinski definition) is 2. The molecule has 0 saturated heterocycles. The number of aliphatic hydroxyl groups excluding tert-OH is 2. The Hall–Kier alpha value is -0.0800. The van der Waals surface area contributed by atoms with Crippen molar-refractivity contribution in [1.82, 2.24) is 0 Å². The van der Waals surface area contributed by atoms with Gasteiger partial charge in [0.15, 0.2) is 0 Å². The number of fused-ring (bicyclic) bond motifs is 5. The van der Waals surface area contributed by atoms with Crippen LogP contribution in [-0.2, 0) is 0 Å². The van der Waals surface area contributed by atoms with E-state index >= 15 is 0 Å². The van der Waals surface area contributed by atoms with E-state index in [0.717, 1.165) is 48.3 Å². The first-order chi connectivity index (χ1) is 13.7. The van der Waals surface area contributed by atoms with Gasteiger partial charge in [-0.05, 0) is 104 Å². The molecule has 2 nitrogen and oxygen atoms in total. The zero-order chi connectivity index (χ0) is 21.0. The maximum absolute atomic E-state index is 10.5. The normalized spacial score (nSPS) is 50.7. The minimum atomic E-state index is -0.499. The minimum Gasteiger partial charge on any atom is -0.390 e. The average molecular weight is 405 g/mol. The van der Waals surface area contributed by atoms with E-state index in [0.29, 0.717) is 11.3 Å². The van der Waals surface area contributed by atoms with Crippen LogP contribution in [-0.4, -0.2) is 22.4 Å². The van der Waals surface area contributed by atoms with Gasteiger partial charge >= 0.3 is 0 Å². The third-order valence-electron chi connectivity index (χ3n) is 10.9. The molecule has 10 atom stereocenters. The van der Waals surface area contributed by atoms with Gasteiger partial charge in [0.2, 0.25) is 0 Å². The maximum Gasteiger partial charge on any atom is 0.0804 e. The largest absolute Gasteiger partial charge is 0.390 e. The molecule has 0 spiro atoms. The van der Waals surface area contributed by atoms with E-state index in [2.05, 4.69) is 34.6 Å². The lowest BCUT2D eigenvalue weighted by Crippen LogP contribution is -2.56. The first kappa shape index (κ1) is 22.1. The van der Waals surface area contributed by atoms with E-state index in [1.165, 1.54) is 57.8 Å². The fraction of sp³-hybridized carbons (Fsp3) is 1.00. The van der Waals surface area contributed by atoms with Gasteiger partial charge in [0.05, 0.1) is 12.2 Å². The zero-order valence-electron chi connectivity index (χ0n) is 19.9. The van der Waals surface area contributed by atoms with Crippen LogP contribution < -0.4 is 0 Å². The molecule has 0 aromatic rings. The predicted molar refractivity (Wildman–Crippen MR) is 120 cm³/mol. The van der Waals surface area contributed by atoms with Crippen molar-refractivity contribution in [2.75, 3.05) is 0 Å². The fourth-order valence-electron chi connectivity index (χ4n) is 9.30. The summed E-state index contributed by atoms with van der Waals surface area (Å²) in [6.07, 6.45) is 13.2. The topological polar surface area (TPSA) is 40.5 Å². The van der Waals surface area contributed by atoms with Crippen molar-refractivity contribution in [2.45, 2.75) is 117 Å². The third kappa shape index (κ3) is 3.73. The van der Waals surface area contributed by atoms with Crippen molar-refractivity contribution in [3.8, 4) is 0 Å². The summed E-state index contributed by atoms with van der Waals surface area (Å²) in [4.78, 5) is 0. The predicted octanol–water partition coefficient (Wildman–Crippen LogP) is 6.44. The van der Waals surface area contributed by atoms with Gasteiger partial charge in [-0.25, -0.2) is 0 Å². The molecular formula is C27H48O2. The van der Waals surface area contributed by atoms with Crippen LogP contribution in [0.15, 0.2) is 0 Å². The number of rotatable bonds is 5. The van der Waals surface area contributed by atoms with Crippen LogP contribution in [0.5, 0.6) is 0 Å². The Balaban J connectivity index is 1.47. The highest BCUT2D eigenvalue weighted by Gasteiger charge is 2.61. The molecule has 0 aromatic heterocycles. The lowest BCUT2D eigenvalue weighted by molar-refractivity contribution is -0.160. The molecule has 0 unspecified atom stereocenters. The smallest absolute Gasteiger partial charge is 0.0804 e. The van der Waals surface area contributed by atoms with Crippen LogP contribution in [0, 0.1) is 52.3 Å². The van der Waals surface area contributed by atoms with Gasteiger partial charge in [-0.3, -0.25) is 0 Å². The minimum absolute atomic E-state index is 0.254. The van der Waals surface area contributed by atoms with E-state index in [4.69, 9.17) is 0 Å². The fourth-order valence-corrected chi connectivity index (χ4v) is 9.30. The Kier molecular flexibility index (Phi) is 6.19. The number of aliphatic hydroxyl groups is 2. The van der Waals surface area contributed by atoms with Gasteiger partial charge in [-0.2, -0.15) is 0 Å². The van der Waals surface area contributed by atoms with Crippen LogP contribution in [0.1, 0.15) is 105 Å². The van der Waals surface area contributed by atoms with Crippen molar-refractivity contribution in [3.05, 3.63) is 0 Å². The highest BCUT2D eigenvalue weighted by atomic mass is 16.3. The molecular weight excluding hydrogens is 356 g/mol. The van der Waals surface area contributed by atoms with Gasteiger partial charge in [-0.1, -0.05) is 53.9 Å². The molecule has 0 aliphatic heterocycles. The molecule has 2 heteroatoms. The second kappa shape index (κ2) is 8.12. The highest BCUT2D eigenvalue weighted by Crippen LogP contribution is 2.68. The van der Waals surface area contributed by atoms with Crippen LogP contribution in [0.4, 0.5) is 0 Å². The summed E-state index contributed by atoms with van der Waals surface area (Å²) in [5.74, 6) is 5.80. The Bertz CT molecular complexity index is 573. The molecule has 4 rings (SSSR count). The summed E-state index contributed by atoms with van der Waals surface area (Å²) >= 11 is 0. The average Bonchev–Trinajstić information content (AvgIpc) is 3.00. The second-order valence-corrected chi connectivity index (χ2v) is 12.8. The first-order valence-electron chi connectivity index (χ1n) is 13.0. The van der Waals surface area contributed by atoms with E-state index in [1.807, 2.05) is 0 Å². The van der Waals surface area contributed by atoms with Gasteiger partial charge in [-0.15, -0.1) is 0 Å². The van der Waals surface area contributed by atoms with Crippen LogP contribution in [0.3, 0.4) is 0 Å². The van der Waals surface area contributed by atoms with Crippen molar-refractivity contribution in [3.63, 3.8) is 0 Å². The zero-order valence-corrected chi connectivity index (χ0v) is 19.9. The quantitative estimate of drug-likeness (QED) is 0.553. The Morgan fingerprint density at radius 2 is 1.55 bits per heavy atom. The van der Waals surface area contributed by atoms with E-state index in [9.17, 15) is 10.2 Å². The molecule has 4 fully saturated rings. The molecule has 0 amide bonds. The van der Waals surface area contributed by atoms with Gasteiger partial charge in [0.1, 0.15) is 0 Å². The molecule has 4 aliphatic rings. The van der Waals surface area contributed by atoms with Gasteiger partial charge in [0, 0.05) is 0 Å². The summed E-state index contributed by atoms with van der Waals surface area (Å²) in [7, 11) is 0. The molecule has 4 aliphatic carbocycles. The summed E-state index contributed by atoms with van der Waals surface area (Å²) in [5, 5.41) is 20.8. The van der Waals surface area contributed by atoms with Gasteiger partial charge < -0.3 is 10.2 Å². The van der Waals surface area contributed by atoms with E-state index in [-0.39, 0.29) is 5.41 Å². The highest BCUT2D eigenvalue weighted by molar-refractivity contribution is 5.10. The Morgan fingerprint density at radius 3 is 2.28 bits per heavy atom. The third-order valence-corrected chi connectivity index (χ3v) is 10.9. The molecule has 0 radical (unpaired) electrons. The van der Waals surface area contributed by atoms with Crippen LogP contribution in [0.2, 0.25) is 0 Å². The van der Waals surface area contributed by atoms with E-state index < -0.39 is 12.2 Å². The molecule has 0 aromatic carbocycles. The molecule has 168 valence electrons. The van der Waals surface area contributed by atoms with Crippen LogP contribution in [0.25, 0.3) is 0 Å². The standard InChI is InChI=1S/C27H48O2/c1-17(2)7-6-8-18(3)21-11-12-22-20-10-9-19-15-24(28)25(29)16-27(19,5)23(20)13-14-26(21,22)4/h17-25,28-29H,6-16H2,1-5H3/t18-,19+,20+,21-,22+,23+,24+,25+,26-,27+/m1/s1. The SMILES string of the molecule is CC(C)CCC[C@@H](C)[C@H]1CC[C@H]2[C@@H]3CC[C@H]4C[C@H](O)[C@@H](O)C[C@]4(C)[C@H]3CC[C@]12C.